The normalized spacial score (nSPS) is 22.3. The molecule has 1 aromatic rings. The maximum atomic E-state index is 11.6. The monoisotopic (exact) mass is 280 g/mol. The van der Waals surface area contributed by atoms with E-state index in [0.29, 0.717) is 5.88 Å². The highest BCUT2D eigenvalue weighted by Gasteiger charge is 2.24. The fraction of sp³-hybridized carbons (Fsp3) is 0.571. The summed E-state index contributed by atoms with van der Waals surface area (Å²) in [6, 6.07) is 1.53. The SMILES string of the molecule is COC(=O)c1cc(OC2CCCC(OC)C2)ncc1N. The lowest BCUT2D eigenvalue weighted by atomic mass is 9.95. The van der Waals surface area contributed by atoms with Gasteiger partial charge < -0.3 is 19.9 Å². The number of anilines is 1. The molecule has 6 heteroatoms. The number of carbonyl (C=O) groups is 1. The van der Waals surface area contributed by atoms with Crippen LogP contribution in [0.4, 0.5) is 5.69 Å². The first-order valence-corrected chi connectivity index (χ1v) is 6.67. The Hall–Kier alpha value is -1.82. The van der Waals surface area contributed by atoms with Crippen LogP contribution in [0.3, 0.4) is 0 Å². The Morgan fingerprint density at radius 3 is 2.80 bits per heavy atom. The summed E-state index contributed by atoms with van der Waals surface area (Å²) in [7, 11) is 3.02. The van der Waals surface area contributed by atoms with Crippen molar-refractivity contribution in [2.24, 2.45) is 0 Å². The number of carbonyl (C=O) groups excluding carboxylic acids is 1. The highest BCUT2D eigenvalue weighted by atomic mass is 16.5. The number of esters is 1. The summed E-state index contributed by atoms with van der Waals surface area (Å²) in [6.07, 6.45) is 5.59. The number of ether oxygens (including phenoxy) is 3. The zero-order chi connectivity index (χ0) is 14.5. The Balaban J connectivity index is 2.07. The molecule has 0 spiro atoms. The van der Waals surface area contributed by atoms with Crippen LogP contribution in [0.5, 0.6) is 5.88 Å². The van der Waals surface area contributed by atoms with Gasteiger partial charge in [-0.05, 0) is 19.3 Å². The smallest absolute Gasteiger partial charge is 0.340 e. The van der Waals surface area contributed by atoms with Crippen LogP contribution in [-0.4, -0.2) is 37.4 Å². The first-order chi connectivity index (χ1) is 9.63. The van der Waals surface area contributed by atoms with E-state index in [1.54, 1.807) is 7.11 Å². The summed E-state index contributed by atoms with van der Waals surface area (Å²) in [4.78, 5) is 15.7. The van der Waals surface area contributed by atoms with Crippen molar-refractivity contribution in [2.75, 3.05) is 20.0 Å². The molecule has 110 valence electrons. The molecule has 0 bridgehead atoms. The van der Waals surface area contributed by atoms with Gasteiger partial charge in [0.15, 0.2) is 0 Å². The number of hydrogen-bond acceptors (Lipinski definition) is 6. The van der Waals surface area contributed by atoms with E-state index < -0.39 is 5.97 Å². The molecule has 1 heterocycles. The van der Waals surface area contributed by atoms with Crippen LogP contribution in [-0.2, 0) is 9.47 Å². The molecular weight excluding hydrogens is 260 g/mol. The summed E-state index contributed by atoms with van der Waals surface area (Å²) in [5, 5.41) is 0. The molecule has 0 saturated heterocycles. The van der Waals surface area contributed by atoms with E-state index >= 15 is 0 Å². The number of nitrogens with two attached hydrogens (primary N) is 1. The van der Waals surface area contributed by atoms with Crippen molar-refractivity contribution in [1.82, 2.24) is 4.98 Å². The highest BCUT2D eigenvalue weighted by Crippen LogP contribution is 2.25. The van der Waals surface area contributed by atoms with Gasteiger partial charge in [0.2, 0.25) is 5.88 Å². The number of nitrogen functional groups attached to an aromatic ring is 1. The maximum absolute atomic E-state index is 11.6. The van der Waals surface area contributed by atoms with Crippen molar-refractivity contribution in [3.63, 3.8) is 0 Å². The Kier molecular flexibility index (Phi) is 4.79. The molecule has 20 heavy (non-hydrogen) atoms. The van der Waals surface area contributed by atoms with Gasteiger partial charge >= 0.3 is 5.97 Å². The van der Waals surface area contributed by atoms with Crippen molar-refractivity contribution >= 4 is 11.7 Å². The van der Waals surface area contributed by atoms with Crippen LogP contribution in [0.25, 0.3) is 0 Å². The first-order valence-electron chi connectivity index (χ1n) is 6.67. The summed E-state index contributed by atoms with van der Waals surface area (Å²) >= 11 is 0. The third-order valence-corrected chi connectivity index (χ3v) is 3.51. The molecule has 6 nitrogen and oxygen atoms in total. The van der Waals surface area contributed by atoms with Gasteiger partial charge in [-0.3, -0.25) is 0 Å². The Bertz CT molecular complexity index is 478. The Morgan fingerprint density at radius 1 is 1.35 bits per heavy atom. The molecule has 2 N–H and O–H groups in total. The average molecular weight is 280 g/mol. The topological polar surface area (TPSA) is 83.7 Å². The molecule has 1 aliphatic carbocycles. The third-order valence-electron chi connectivity index (χ3n) is 3.51. The second kappa shape index (κ2) is 6.56. The molecule has 2 unspecified atom stereocenters. The molecule has 1 aromatic heterocycles. The summed E-state index contributed by atoms with van der Waals surface area (Å²) in [5.41, 5.74) is 6.26. The predicted octanol–water partition coefficient (Wildman–Crippen LogP) is 1.79. The lowest BCUT2D eigenvalue weighted by Crippen LogP contribution is -2.29. The zero-order valence-electron chi connectivity index (χ0n) is 11.8. The third kappa shape index (κ3) is 3.39. The van der Waals surface area contributed by atoms with Crippen molar-refractivity contribution in [3.8, 4) is 5.88 Å². The van der Waals surface area contributed by atoms with Crippen molar-refractivity contribution in [2.45, 2.75) is 37.9 Å². The summed E-state index contributed by atoms with van der Waals surface area (Å²) in [6.45, 7) is 0. The van der Waals surface area contributed by atoms with Crippen LogP contribution in [0, 0.1) is 0 Å². The van der Waals surface area contributed by atoms with Gasteiger partial charge in [-0.2, -0.15) is 0 Å². The van der Waals surface area contributed by atoms with Gasteiger partial charge in [-0.15, -0.1) is 0 Å². The number of aromatic nitrogens is 1. The fourth-order valence-corrected chi connectivity index (χ4v) is 2.39. The lowest BCUT2D eigenvalue weighted by Gasteiger charge is -2.28. The van der Waals surface area contributed by atoms with Gasteiger partial charge in [0.1, 0.15) is 6.10 Å². The lowest BCUT2D eigenvalue weighted by molar-refractivity contribution is 0.0194. The molecule has 2 atom stereocenters. The number of nitrogens with zero attached hydrogens (tertiary/aromatic N) is 1. The van der Waals surface area contributed by atoms with E-state index in [1.165, 1.54) is 19.4 Å². The van der Waals surface area contributed by atoms with E-state index in [4.69, 9.17) is 15.2 Å². The molecule has 1 aliphatic rings. The Labute approximate surface area is 118 Å². The van der Waals surface area contributed by atoms with E-state index in [1.807, 2.05) is 0 Å². The van der Waals surface area contributed by atoms with Crippen LogP contribution in [0.15, 0.2) is 12.3 Å². The quantitative estimate of drug-likeness (QED) is 0.846. The predicted molar refractivity (Wildman–Crippen MR) is 73.7 cm³/mol. The van der Waals surface area contributed by atoms with Gasteiger partial charge in [0.25, 0.3) is 0 Å². The molecular formula is C14H20N2O4. The van der Waals surface area contributed by atoms with Gasteiger partial charge in [-0.25, -0.2) is 9.78 Å². The molecule has 0 aromatic carbocycles. The maximum Gasteiger partial charge on any atom is 0.340 e. The molecule has 1 fully saturated rings. The summed E-state index contributed by atoms with van der Waals surface area (Å²) in [5.74, 6) is -0.102. The number of methoxy groups -OCH3 is 2. The van der Waals surface area contributed by atoms with Crippen LogP contribution in [0.1, 0.15) is 36.0 Å². The van der Waals surface area contributed by atoms with Gasteiger partial charge in [-0.1, -0.05) is 0 Å². The minimum atomic E-state index is -0.492. The Morgan fingerprint density at radius 2 is 2.10 bits per heavy atom. The minimum absolute atomic E-state index is 0.0512. The second-order valence-electron chi connectivity index (χ2n) is 4.87. The molecule has 0 amide bonds. The van der Waals surface area contributed by atoms with E-state index in [-0.39, 0.29) is 23.5 Å². The minimum Gasteiger partial charge on any atom is -0.474 e. The van der Waals surface area contributed by atoms with Crippen LogP contribution < -0.4 is 10.5 Å². The van der Waals surface area contributed by atoms with E-state index in [2.05, 4.69) is 9.72 Å². The van der Waals surface area contributed by atoms with Crippen molar-refractivity contribution in [1.29, 1.82) is 0 Å². The molecule has 1 saturated carbocycles. The van der Waals surface area contributed by atoms with E-state index in [9.17, 15) is 4.79 Å². The van der Waals surface area contributed by atoms with Crippen molar-refractivity contribution in [3.05, 3.63) is 17.8 Å². The number of pyridine rings is 1. The summed E-state index contributed by atoms with van der Waals surface area (Å²) < 4.78 is 15.9. The largest absolute Gasteiger partial charge is 0.474 e. The van der Waals surface area contributed by atoms with Crippen molar-refractivity contribution < 1.29 is 19.0 Å². The standard InChI is InChI=1S/C14H20N2O4/c1-18-9-4-3-5-10(6-9)20-13-7-11(14(17)19-2)12(15)8-16-13/h7-10H,3-6,15H2,1-2H3. The highest BCUT2D eigenvalue weighted by molar-refractivity contribution is 5.95. The van der Waals surface area contributed by atoms with E-state index in [0.717, 1.165) is 25.7 Å². The number of hydrogen-bond donors (Lipinski definition) is 1. The zero-order valence-corrected chi connectivity index (χ0v) is 11.8. The second-order valence-corrected chi connectivity index (χ2v) is 4.87. The molecule has 0 radical (unpaired) electrons. The van der Waals surface area contributed by atoms with Gasteiger partial charge in [0.05, 0.1) is 30.7 Å². The van der Waals surface area contributed by atoms with Gasteiger partial charge in [0, 0.05) is 19.6 Å². The molecule has 2 rings (SSSR count). The average Bonchev–Trinajstić information content (AvgIpc) is 2.48. The first kappa shape index (κ1) is 14.6. The van der Waals surface area contributed by atoms with Crippen LogP contribution in [0.2, 0.25) is 0 Å². The molecule has 0 aliphatic heterocycles. The number of rotatable bonds is 4. The van der Waals surface area contributed by atoms with Crippen LogP contribution >= 0.6 is 0 Å². The fourth-order valence-electron chi connectivity index (χ4n) is 2.39.